The van der Waals surface area contributed by atoms with E-state index in [0.29, 0.717) is 11.3 Å². The highest BCUT2D eigenvalue weighted by molar-refractivity contribution is 5.90. The van der Waals surface area contributed by atoms with Crippen molar-refractivity contribution in [1.82, 2.24) is 5.32 Å². The first-order valence-electron chi connectivity index (χ1n) is 7.59. The topological polar surface area (TPSA) is 64.6 Å². The molecule has 1 atom stereocenters. The highest BCUT2D eigenvalue weighted by Gasteiger charge is 2.45. The molecular formula is C18H23NO4. The number of esters is 1. The number of rotatable bonds is 3. The van der Waals surface area contributed by atoms with Crippen LogP contribution in [0.3, 0.4) is 0 Å². The summed E-state index contributed by atoms with van der Waals surface area (Å²) in [7, 11) is 0. The van der Waals surface area contributed by atoms with Gasteiger partial charge in [0, 0.05) is 18.9 Å². The molecule has 0 fully saturated rings. The van der Waals surface area contributed by atoms with Crippen molar-refractivity contribution in [3.63, 3.8) is 0 Å². The summed E-state index contributed by atoms with van der Waals surface area (Å²) in [4.78, 5) is 24.1. The second-order valence-corrected chi connectivity index (χ2v) is 6.69. The van der Waals surface area contributed by atoms with Gasteiger partial charge in [-0.2, -0.15) is 0 Å². The molecule has 0 saturated carbocycles. The number of carbonyl (C=O) groups is 2. The molecule has 5 heteroatoms. The van der Waals surface area contributed by atoms with Gasteiger partial charge in [-0.3, -0.25) is 4.79 Å². The summed E-state index contributed by atoms with van der Waals surface area (Å²) in [5, 5.41) is 2.84. The van der Waals surface area contributed by atoms with Crippen LogP contribution in [-0.2, 0) is 24.8 Å². The molecule has 1 aromatic rings. The maximum absolute atomic E-state index is 12.4. The molecule has 1 aliphatic heterocycles. The van der Waals surface area contributed by atoms with E-state index in [9.17, 15) is 9.59 Å². The number of hydrogen-bond acceptors (Lipinski definition) is 4. The molecule has 1 aromatic carbocycles. The van der Waals surface area contributed by atoms with E-state index < -0.39 is 17.3 Å². The number of hydrogen-bond donors (Lipinski definition) is 1. The molecule has 0 saturated heterocycles. The predicted molar refractivity (Wildman–Crippen MR) is 86.2 cm³/mol. The van der Waals surface area contributed by atoms with E-state index in [1.165, 1.54) is 6.92 Å². The molecule has 0 bridgehead atoms. The number of ether oxygens (including phenoxy) is 2. The van der Waals surface area contributed by atoms with Crippen molar-refractivity contribution in [2.75, 3.05) is 0 Å². The molecular weight excluding hydrogens is 294 g/mol. The molecule has 5 nitrogen and oxygen atoms in total. The predicted octanol–water partition coefficient (Wildman–Crippen LogP) is 3.01. The fourth-order valence-electron chi connectivity index (χ4n) is 2.58. The molecule has 1 amide bonds. The fourth-order valence-corrected chi connectivity index (χ4v) is 2.58. The van der Waals surface area contributed by atoms with Gasteiger partial charge in [0.25, 0.3) is 0 Å². The summed E-state index contributed by atoms with van der Waals surface area (Å²) in [5.41, 5.74) is -0.426. The zero-order valence-corrected chi connectivity index (χ0v) is 14.2. The van der Waals surface area contributed by atoms with Crippen LogP contribution in [0.1, 0.15) is 46.6 Å². The van der Waals surface area contributed by atoms with Gasteiger partial charge >= 0.3 is 5.97 Å². The third-order valence-electron chi connectivity index (χ3n) is 3.44. The third-order valence-corrected chi connectivity index (χ3v) is 3.44. The average Bonchev–Trinajstić information content (AvgIpc) is 2.75. The number of allylic oxidation sites excluding steroid dienone is 1. The Bertz CT molecular complexity index is 643. The van der Waals surface area contributed by atoms with Crippen LogP contribution in [0, 0.1) is 0 Å². The van der Waals surface area contributed by atoms with Crippen LogP contribution in [0.5, 0.6) is 0 Å². The third kappa shape index (κ3) is 3.92. The standard InChI is InChI=1S/C18H23NO4/c1-12-15(16(21)23-17(3,4)5)11-18(22-12,19-13(2)20)14-9-7-6-8-10-14/h6-10H,11H2,1-5H3,(H,19,20). The normalized spacial score (nSPS) is 20.9. The lowest BCUT2D eigenvalue weighted by Gasteiger charge is -2.30. The van der Waals surface area contributed by atoms with Gasteiger partial charge in [-0.15, -0.1) is 0 Å². The molecule has 124 valence electrons. The minimum absolute atomic E-state index is 0.230. The molecule has 0 aliphatic carbocycles. The minimum Gasteiger partial charge on any atom is -0.468 e. The fraction of sp³-hybridized carbons (Fsp3) is 0.444. The maximum atomic E-state index is 12.4. The Balaban J connectivity index is 2.32. The lowest BCUT2D eigenvalue weighted by atomic mass is 9.96. The quantitative estimate of drug-likeness (QED) is 0.870. The van der Waals surface area contributed by atoms with Crippen molar-refractivity contribution in [3.05, 3.63) is 47.2 Å². The number of carbonyl (C=O) groups excluding carboxylic acids is 2. The van der Waals surface area contributed by atoms with Crippen molar-refractivity contribution in [2.24, 2.45) is 0 Å². The Labute approximate surface area is 136 Å². The minimum atomic E-state index is -1.07. The van der Waals surface area contributed by atoms with Gasteiger partial charge in [-0.05, 0) is 27.7 Å². The lowest BCUT2D eigenvalue weighted by molar-refractivity contribution is -0.150. The van der Waals surface area contributed by atoms with Gasteiger partial charge in [0.05, 0.1) is 5.57 Å². The van der Waals surface area contributed by atoms with Crippen molar-refractivity contribution in [3.8, 4) is 0 Å². The smallest absolute Gasteiger partial charge is 0.338 e. The first-order valence-corrected chi connectivity index (χ1v) is 7.59. The molecule has 0 spiro atoms. The monoisotopic (exact) mass is 317 g/mol. The summed E-state index contributed by atoms with van der Waals surface area (Å²) in [6.45, 7) is 8.58. The van der Waals surface area contributed by atoms with E-state index in [4.69, 9.17) is 9.47 Å². The van der Waals surface area contributed by atoms with E-state index in [-0.39, 0.29) is 12.3 Å². The highest BCUT2D eigenvalue weighted by Crippen LogP contribution is 2.40. The van der Waals surface area contributed by atoms with E-state index in [0.717, 1.165) is 5.56 Å². The van der Waals surface area contributed by atoms with Crippen molar-refractivity contribution in [2.45, 2.75) is 52.4 Å². The molecule has 1 unspecified atom stereocenters. The highest BCUT2D eigenvalue weighted by atomic mass is 16.6. The Hall–Kier alpha value is -2.30. The summed E-state index contributed by atoms with van der Waals surface area (Å²) < 4.78 is 11.4. The molecule has 1 heterocycles. The Kier molecular flexibility index (Phi) is 4.50. The lowest BCUT2D eigenvalue weighted by Crippen LogP contribution is -2.45. The van der Waals surface area contributed by atoms with Gasteiger partial charge in [0.15, 0.2) is 0 Å². The largest absolute Gasteiger partial charge is 0.468 e. The Morgan fingerprint density at radius 3 is 2.35 bits per heavy atom. The first-order chi connectivity index (χ1) is 10.6. The van der Waals surface area contributed by atoms with Crippen LogP contribution in [0.2, 0.25) is 0 Å². The number of nitrogens with one attached hydrogen (secondary N) is 1. The summed E-state index contributed by atoms with van der Waals surface area (Å²) in [6.07, 6.45) is 0.233. The van der Waals surface area contributed by atoms with Gasteiger partial charge in [0.1, 0.15) is 11.4 Å². The van der Waals surface area contributed by atoms with E-state index in [1.807, 2.05) is 51.1 Å². The Morgan fingerprint density at radius 1 is 1.22 bits per heavy atom. The Morgan fingerprint density at radius 2 is 1.83 bits per heavy atom. The molecule has 1 N–H and O–H groups in total. The summed E-state index contributed by atoms with van der Waals surface area (Å²) >= 11 is 0. The van der Waals surface area contributed by atoms with Crippen LogP contribution in [0.25, 0.3) is 0 Å². The molecule has 1 aliphatic rings. The zero-order chi connectivity index (χ0) is 17.3. The molecule has 23 heavy (non-hydrogen) atoms. The first kappa shape index (κ1) is 17.1. The second kappa shape index (κ2) is 6.07. The van der Waals surface area contributed by atoms with Gasteiger partial charge in [-0.1, -0.05) is 30.3 Å². The van der Waals surface area contributed by atoms with Crippen LogP contribution in [-0.4, -0.2) is 17.5 Å². The van der Waals surface area contributed by atoms with Crippen molar-refractivity contribution in [1.29, 1.82) is 0 Å². The van der Waals surface area contributed by atoms with E-state index >= 15 is 0 Å². The van der Waals surface area contributed by atoms with E-state index in [1.54, 1.807) is 6.92 Å². The molecule has 2 rings (SSSR count). The number of amides is 1. The van der Waals surface area contributed by atoms with Crippen molar-refractivity contribution < 1.29 is 19.1 Å². The zero-order valence-electron chi connectivity index (χ0n) is 14.2. The van der Waals surface area contributed by atoms with Crippen LogP contribution in [0.15, 0.2) is 41.7 Å². The average molecular weight is 317 g/mol. The summed E-state index contributed by atoms with van der Waals surface area (Å²) in [5.74, 6) is -0.179. The van der Waals surface area contributed by atoms with Gasteiger partial charge in [0.2, 0.25) is 11.6 Å². The van der Waals surface area contributed by atoms with Crippen LogP contribution in [0.4, 0.5) is 0 Å². The van der Waals surface area contributed by atoms with E-state index in [2.05, 4.69) is 5.32 Å². The second-order valence-electron chi connectivity index (χ2n) is 6.69. The van der Waals surface area contributed by atoms with Gasteiger partial charge < -0.3 is 14.8 Å². The summed E-state index contributed by atoms with van der Waals surface area (Å²) in [6, 6.07) is 9.34. The SMILES string of the molecule is CC(=O)NC1(c2ccccc2)CC(C(=O)OC(C)(C)C)=C(C)O1. The maximum Gasteiger partial charge on any atom is 0.338 e. The van der Waals surface area contributed by atoms with Crippen molar-refractivity contribution >= 4 is 11.9 Å². The van der Waals surface area contributed by atoms with Crippen LogP contribution >= 0.6 is 0 Å². The molecule has 0 aromatic heterocycles. The number of benzene rings is 1. The molecule has 0 radical (unpaired) electrons. The van der Waals surface area contributed by atoms with Crippen LogP contribution < -0.4 is 5.32 Å². The van der Waals surface area contributed by atoms with Gasteiger partial charge in [-0.25, -0.2) is 4.79 Å².